The summed E-state index contributed by atoms with van der Waals surface area (Å²) in [5, 5.41) is 9.03. The molecule has 0 heterocycles. The van der Waals surface area contributed by atoms with E-state index in [2.05, 4.69) is 6.92 Å². The Morgan fingerprint density at radius 3 is 2.48 bits per heavy atom. The van der Waals surface area contributed by atoms with Crippen molar-refractivity contribution in [1.29, 1.82) is 0 Å². The number of methoxy groups -OCH3 is 1. The first kappa shape index (κ1) is 14.9. The van der Waals surface area contributed by atoms with Crippen molar-refractivity contribution >= 4 is 5.97 Å². The molecule has 0 spiro atoms. The third kappa shape index (κ3) is 3.34. The summed E-state index contributed by atoms with van der Waals surface area (Å²) in [6, 6.07) is 10.7. The SMILES string of the molecule is CCc1ccc(Oc2ccc(C(=O)O)c(C)c2)c(OC)c1. The fraction of sp³-hybridized carbons (Fsp3) is 0.235. The van der Waals surface area contributed by atoms with Crippen molar-refractivity contribution in [1.82, 2.24) is 0 Å². The van der Waals surface area contributed by atoms with Crippen molar-refractivity contribution < 1.29 is 19.4 Å². The van der Waals surface area contributed by atoms with E-state index in [1.165, 1.54) is 0 Å². The molecular formula is C17H18O4. The first-order chi connectivity index (χ1) is 10.0. The summed E-state index contributed by atoms with van der Waals surface area (Å²) in [4.78, 5) is 11.0. The molecule has 2 aromatic carbocycles. The molecule has 0 bridgehead atoms. The molecule has 110 valence electrons. The second kappa shape index (κ2) is 6.31. The van der Waals surface area contributed by atoms with E-state index in [-0.39, 0.29) is 5.56 Å². The predicted octanol–water partition coefficient (Wildman–Crippen LogP) is 4.06. The highest BCUT2D eigenvalue weighted by atomic mass is 16.5. The van der Waals surface area contributed by atoms with Crippen molar-refractivity contribution in [3.05, 3.63) is 53.1 Å². The van der Waals surface area contributed by atoms with Gasteiger partial charge in [-0.2, -0.15) is 0 Å². The summed E-state index contributed by atoms with van der Waals surface area (Å²) in [5.41, 5.74) is 2.09. The van der Waals surface area contributed by atoms with Crippen molar-refractivity contribution in [2.75, 3.05) is 7.11 Å². The molecule has 21 heavy (non-hydrogen) atoms. The number of carboxylic acids is 1. The Morgan fingerprint density at radius 2 is 1.90 bits per heavy atom. The third-order valence-corrected chi connectivity index (χ3v) is 3.29. The van der Waals surface area contributed by atoms with Gasteiger partial charge < -0.3 is 14.6 Å². The molecule has 2 rings (SSSR count). The molecule has 0 radical (unpaired) electrons. The number of aryl methyl sites for hydroxylation is 2. The number of carbonyl (C=O) groups is 1. The zero-order chi connectivity index (χ0) is 15.4. The summed E-state index contributed by atoms with van der Waals surface area (Å²) < 4.78 is 11.1. The lowest BCUT2D eigenvalue weighted by Crippen LogP contribution is -1.99. The number of ether oxygens (including phenoxy) is 2. The van der Waals surface area contributed by atoms with Gasteiger partial charge in [0.05, 0.1) is 12.7 Å². The molecule has 0 aliphatic carbocycles. The van der Waals surface area contributed by atoms with E-state index in [0.29, 0.717) is 22.8 Å². The van der Waals surface area contributed by atoms with Crippen LogP contribution in [0.4, 0.5) is 0 Å². The van der Waals surface area contributed by atoms with Crippen LogP contribution in [0.15, 0.2) is 36.4 Å². The van der Waals surface area contributed by atoms with E-state index in [9.17, 15) is 4.79 Å². The quantitative estimate of drug-likeness (QED) is 0.900. The summed E-state index contributed by atoms with van der Waals surface area (Å²) in [6.07, 6.45) is 0.920. The monoisotopic (exact) mass is 286 g/mol. The Hall–Kier alpha value is -2.49. The Balaban J connectivity index is 2.30. The van der Waals surface area contributed by atoms with Gasteiger partial charge in [0.15, 0.2) is 11.5 Å². The van der Waals surface area contributed by atoms with Gasteiger partial charge in [0.1, 0.15) is 5.75 Å². The molecular weight excluding hydrogens is 268 g/mol. The van der Waals surface area contributed by atoms with E-state index in [0.717, 1.165) is 12.0 Å². The van der Waals surface area contributed by atoms with Crippen LogP contribution in [-0.4, -0.2) is 18.2 Å². The lowest BCUT2D eigenvalue weighted by molar-refractivity contribution is 0.0696. The van der Waals surface area contributed by atoms with E-state index in [1.807, 2.05) is 18.2 Å². The summed E-state index contributed by atoms with van der Waals surface area (Å²) in [5.74, 6) is 0.912. The summed E-state index contributed by atoms with van der Waals surface area (Å²) in [6.45, 7) is 3.82. The normalized spacial score (nSPS) is 10.2. The fourth-order valence-corrected chi connectivity index (χ4v) is 2.08. The van der Waals surface area contributed by atoms with Crippen molar-refractivity contribution in [2.45, 2.75) is 20.3 Å². The molecule has 0 atom stereocenters. The maximum atomic E-state index is 11.0. The standard InChI is InChI=1S/C17H18O4/c1-4-12-5-8-15(16(10-12)20-3)21-13-6-7-14(17(18)19)11(2)9-13/h5-10H,4H2,1-3H3,(H,18,19). The lowest BCUT2D eigenvalue weighted by atomic mass is 10.1. The van der Waals surface area contributed by atoms with Gasteiger partial charge in [-0.3, -0.25) is 0 Å². The van der Waals surface area contributed by atoms with Crippen LogP contribution in [0.25, 0.3) is 0 Å². The molecule has 0 aliphatic heterocycles. The zero-order valence-electron chi connectivity index (χ0n) is 12.3. The molecule has 0 unspecified atom stereocenters. The average molecular weight is 286 g/mol. The maximum absolute atomic E-state index is 11.0. The Kier molecular flexibility index (Phi) is 4.48. The van der Waals surface area contributed by atoms with Crippen molar-refractivity contribution in [2.24, 2.45) is 0 Å². The number of aromatic carboxylic acids is 1. The highest BCUT2D eigenvalue weighted by Crippen LogP contribution is 2.33. The van der Waals surface area contributed by atoms with Gasteiger partial charge in [-0.05, 0) is 54.8 Å². The van der Waals surface area contributed by atoms with Gasteiger partial charge in [0.25, 0.3) is 0 Å². The van der Waals surface area contributed by atoms with Crippen LogP contribution in [0.1, 0.15) is 28.4 Å². The predicted molar refractivity (Wildman–Crippen MR) is 80.6 cm³/mol. The summed E-state index contributed by atoms with van der Waals surface area (Å²) in [7, 11) is 1.60. The number of carboxylic acid groups (broad SMARTS) is 1. The molecule has 1 N–H and O–H groups in total. The highest BCUT2D eigenvalue weighted by molar-refractivity contribution is 5.89. The number of hydrogen-bond donors (Lipinski definition) is 1. The van der Waals surface area contributed by atoms with Gasteiger partial charge in [-0.1, -0.05) is 13.0 Å². The minimum Gasteiger partial charge on any atom is -0.493 e. The van der Waals surface area contributed by atoms with Crippen LogP contribution in [0.3, 0.4) is 0 Å². The number of benzene rings is 2. The van der Waals surface area contributed by atoms with Gasteiger partial charge in [0, 0.05) is 0 Å². The Labute approximate surface area is 123 Å². The highest BCUT2D eigenvalue weighted by Gasteiger charge is 2.10. The van der Waals surface area contributed by atoms with Crippen molar-refractivity contribution in [3.63, 3.8) is 0 Å². The Morgan fingerprint density at radius 1 is 1.14 bits per heavy atom. The van der Waals surface area contributed by atoms with E-state index in [1.54, 1.807) is 32.2 Å². The zero-order valence-corrected chi connectivity index (χ0v) is 12.3. The molecule has 0 fully saturated rings. The topological polar surface area (TPSA) is 55.8 Å². The van der Waals surface area contributed by atoms with Crippen LogP contribution in [-0.2, 0) is 6.42 Å². The Bertz CT molecular complexity index is 662. The second-order valence-corrected chi connectivity index (χ2v) is 4.72. The van der Waals surface area contributed by atoms with Gasteiger partial charge in [-0.15, -0.1) is 0 Å². The van der Waals surface area contributed by atoms with E-state index < -0.39 is 5.97 Å². The minimum absolute atomic E-state index is 0.274. The fourth-order valence-electron chi connectivity index (χ4n) is 2.08. The molecule has 0 amide bonds. The van der Waals surface area contributed by atoms with Crippen molar-refractivity contribution in [3.8, 4) is 17.2 Å². The maximum Gasteiger partial charge on any atom is 0.335 e. The molecule has 2 aromatic rings. The smallest absolute Gasteiger partial charge is 0.335 e. The average Bonchev–Trinajstić information content (AvgIpc) is 2.47. The first-order valence-electron chi connectivity index (χ1n) is 6.74. The van der Waals surface area contributed by atoms with Crippen LogP contribution in [0.2, 0.25) is 0 Å². The van der Waals surface area contributed by atoms with Gasteiger partial charge in [-0.25, -0.2) is 4.79 Å². The molecule has 4 nitrogen and oxygen atoms in total. The van der Waals surface area contributed by atoms with Crippen LogP contribution >= 0.6 is 0 Å². The number of hydrogen-bond acceptors (Lipinski definition) is 3. The molecule has 0 saturated carbocycles. The minimum atomic E-state index is -0.941. The van der Waals surface area contributed by atoms with E-state index in [4.69, 9.17) is 14.6 Å². The molecule has 0 saturated heterocycles. The third-order valence-electron chi connectivity index (χ3n) is 3.29. The second-order valence-electron chi connectivity index (χ2n) is 4.72. The van der Waals surface area contributed by atoms with E-state index >= 15 is 0 Å². The first-order valence-corrected chi connectivity index (χ1v) is 6.74. The number of rotatable bonds is 5. The lowest BCUT2D eigenvalue weighted by Gasteiger charge is -2.12. The molecule has 0 aliphatic rings. The van der Waals surface area contributed by atoms with Crippen LogP contribution in [0, 0.1) is 6.92 Å². The summed E-state index contributed by atoms with van der Waals surface area (Å²) >= 11 is 0. The van der Waals surface area contributed by atoms with Crippen LogP contribution < -0.4 is 9.47 Å². The van der Waals surface area contributed by atoms with Crippen LogP contribution in [0.5, 0.6) is 17.2 Å². The van der Waals surface area contributed by atoms with Gasteiger partial charge >= 0.3 is 5.97 Å². The molecule has 4 heteroatoms. The largest absolute Gasteiger partial charge is 0.493 e. The molecule has 0 aromatic heterocycles. The van der Waals surface area contributed by atoms with Gasteiger partial charge in [0.2, 0.25) is 0 Å².